The summed E-state index contributed by atoms with van der Waals surface area (Å²) in [6, 6.07) is 6.59. The number of carbonyl (C=O) groups is 2. The molecular formula is C17H23FN4O2. The highest BCUT2D eigenvalue weighted by Crippen LogP contribution is 2.19. The van der Waals surface area contributed by atoms with Crippen LogP contribution in [0.5, 0.6) is 0 Å². The molecule has 6 nitrogen and oxygen atoms in total. The summed E-state index contributed by atoms with van der Waals surface area (Å²) in [6.45, 7) is 3.77. The molecule has 0 fully saturated rings. The minimum absolute atomic E-state index is 0.121. The first-order valence-corrected chi connectivity index (χ1v) is 8.07. The van der Waals surface area contributed by atoms with Crippen molar-refractivity contribution in [3.05, 3.63) is 30.0 Å². The number of nitrogens with two attached hydrogens (primary N) is 1. The fourth-order valence-corrected chi connectivity index (χ4v) is 2.60. The van der Waals surface area contributed by atoms with Crippen LogP contribution in [0, 0.1) is 5.92 Å². The molecule has 0 unspecified atom stereocenters. The Kier molecular flexibility index (Phi) is 5.89. The van der Waals surface area contributed by atoms with Gasteiger partial charge in [-0.15, -0.1) is 0 Å². The zero-order chi connectivity index (χ0) is 17.7. The highest BCUT2D eigenvalue weighted by molar-refractivity contribution is 6.06. The van der Waals surface area contributed by atoms with Crippen LogP contribution in [-0.4, -0.2) is 34.3 Å². The molecule has 1 aromatic carbocycles. The van der Waals surface area contributed by atoms with E-state index in [1.807, 2.05) is 32.0 Å². The zero-order valence-electron chi connectivity index (χ0n) is 14.0. The highest BCUT2D eigenvalue weighted by Gasteiger charge is 2.25. The number of primary amides is 1. The van der Waals surface area contributed by atoms with Gasteiger partial charge in [-0.1, -0.05) is 32.0 Å². The number of aryl methyl sites for hydroxylation is 1. The predicted octanol–water partition coefficient (Wildman–Crippen LogP) is 2.03. The normalized spacial score (nSPS) is 12.5. The summed E-state index contributed by atoms with van der Waals surface area (Å²) >= 11 is 0. The third-order valence-electron chi connectivity index (χ3n) is 3.89. The van der Waals surface area contributed by atoms with E-state index in [2.05, 4.69) is 10.4 Å². The summed E-state index contributed by atoms with van der Waals surface area (Å²) < 4.78 is 14.0. The van der Waals surface area contributed by atoms with Gasteiger partial charge < -0.3 is 11.1 Å². The molecule has 0 bridgehead atoms. The van der Waals surface area contributed by atoms with Crippen LogP contribution in [0.25, 0.3) is 10.9 Å². The van der Waals surface area contributed by atoms with E-state index in [0.29, 0.717) is 24.8 Å². The van der Waals surface area contributed by atoms with Crippen molar-refractivity contribution in [3.8, 4) is 0 Å². The minimum Gasteiger partial charge on any atom is -0.368 e. The predicted molar refractivity (Wildman–Crippen MR) is 90.2 cm³/mol. The van der Waals surface area contributed by atoms with Gasteiger partial charge in [0.1, 0.15) is 6.04 Å². The number of benzene rings is 1. The Labute approximate surface area is 140 Å². The van der Waals surface area contributed by atoms with Crippen LogP contribution in [0.4, 0.5) is 4.39 Å². The van der Waals surface area contributed by atoms with E-state index in [0.717, 1.165) is 5.52 Å². The van der Waals surface area contributed by atoms with Crippen molar-refractivity contribution >= 4 is 22.7 Å². The van der Waals surface area contributed by atoms with E-state index in [1.54, 1.807) is 10.7 Å². The van der Waals surface area contributed by atoms with Gasteiger partial charge >= 0.3 is 0 Å². The number of alkyl halides is 1. The van der Waals surface area contributed by atoms with Gasteiger partial charge in [0.2, 0.25) is 5.91 Å². The van der Waals surface area contributed by atoms with Gasteiger partial charge in [-0.25, -0.2) is 0 Å². The lowest BCUT2D eigenvalue weighted by Crippen LogP contribution is -2.47. The van der Waals surface area contributed by atoms with Crippen molar-refractivity contribution in [1.82, 2.24) is 15.1 Å². The maximum absolute atomic E-state index is 12.6. The van der Waals surface area contributed by atoms with Gasteiger partial charge in [-0.2, -0.15) is 5.10 Å². The van der Waals surface area contributed by atoms with Gasteiger partial charge in [0.15, 0.2) is 5.69 Å². The Bertz CT molecular complexity index is 726. The van der Waals surface area contributed by atoms with Crippen molar-refractivity contribution in [1.29, 1.82) is 0 Å². The first-order valence-electron chi connectivity index (χ1n) is 8.07. The Morgan fingerprint density at radius 1 is 1.29 bits per heavy atom. The summed E-state index contributed by atoms with van der Waals surface area (Å²) in [5.41, 5.74) is 6.40. The molecule has 0 aliphatic heterocycles. The molecule has 0 saturated carbocycles. The number of fused-ring (bicyclic) bond motifs is 1. The molecule has 2 amide bonds. The Hall–Kier alpha value is -2.44. The molecule has 1 atom stereocenters. The molecule has 1 heterocycles. The average Bonchev–Trinajstić information content (AvgIpc) is 2.91. The molecular weight excluding hydrogens is 311 g/mol. The number of para-hydroxylation sites is 1. The van der Waals surface area contributed by atoms with Crippen LogP contribution in [-0.2, 0) is 11.3 Å². The van der Waals surface area contributed by atoms with E-state index in [1.165, 1.54) is 0 Å². The van der Waals surface area contributed by atoms with Gasteiger partial charge in [0, 0.05) is 11.9 Å². The van der Waals surface area contributed by atoms with Gasteiger partial charge in [-0.05, 0) is 24.8 Å². The number of halogens is 1. The lowest BCUT2D eigenvalue weighted by atomic mass is 10.0. The molecule has 0 saturated heterocycles. The quantitative estimate of drug-likeness (QED) is 0.724. The molecule has 0 aliphatic rings. The minimum atomic E-state index is -0.757. The number of aromatic nitrogens is 2. The van der Waals surface area contributed by atoms with Crippen molar-refractivity contribution in [2.75, 3.05) is 6.67 Å². The smallest absolute Gasteiger partial charge is 0.273 e. The average molecular weight is 334 g/mol. The number of amides is 2. The highest BCUT2D eigenvalue weighted by atomic mass is 19.1. The van der Waals surface area contributed by atoms with E-state index < -0.39 is 17.9 Å². The second kappa shape index (κ2) is 7.90. The molecule has 130 valence electrons. The largest absolute Gasteiger partial charge is 0.368 e. The molecule has 0 radical (unpaired) electrons. The number of hydrogen-bond acceptors (Lipinski definition) is 3. The van der Waals surface area contributed by atoms with Crippen LogP contribution in [0.1, 0.15) is 37.2 Å². The number of rotatable bonds is 8. The van der Waals surface area contributed by atoms with Crippen molar-refractivity contribution in [2.45, 2.75) is 39.3 Å². The zero-order valence-corrected chi connectivity index (χ0v) is 14.0. The maximum Gasteiger partial charge on any atom is 0.273 e. The molecule has 0 aliphatic carbocycles. The molecule has 3 N–H and O–H groups in total. The fourth-order valence-electron chi connectivity index (χ4n) is 2.60. The number of nitrogens with one attached hydrogen (secondary N) is 1. The second-order valence-electron chi connectivity index (χ2n) is 6.08. The third kappa shape index (κ3) is 3.90. The summed E-state index contributed by atoms with van der Waals surface area (Å²) in [6.07, 6.45) is 1.09. The first-order chi connectivity index (χ1) is 11.5. The summed E-state index contributed by atoms with van der Waals surface area (Å²) in [7, 11) is 0. The molecule has 2 rings (SSSR count). The Balaban J connectivity index is 2.30. The van der Waals surface area contributed by atoms with Crippen molar-refractivity contribution < 1.29 is 14.0 Å². The maximum atomic E-state index is 12.6. The summed E-state index contributed by atoms with van der Waals surface area (Å²) in [4.78, 5) is 24.1. The molecule has 2 aromatic rings. The lowest BCUT2D eigenvalue weighted by Gasteiger charge is -2.18. The molecule has 0 spiro atoms. The monoisotopic (exact) mass is 334 g/mol. The summed E-state index contributed by atoms with van der Waals surface area (Å²) in [5, 5.41) is 7.71. The Morgan fingerprint density at radius 3 is 2.62 bits per heavy atom. The van der Waals surface area contributed by atoms with Gasteiger partial charge in [0.05, 0.1) is 12.2 Å². The molecule has 24 heavy (non-hydrogen) atoms. The molecule has 1 aromatic heterocycles. The van der Waals surface area contributed by atoms with E-state index in [-0.39, 0.29) is 18.3 Å². The van der Waals surface area contributed by atoms with Crippen LogP contribution in [0.3, 0.4) is 0 Å². The topological polar surface area (TPSA) is 90.0 Å². The van der Waals surface area contributed by atoms with Crippen molar-refractivity contribution in [2.24, 2.45) is 11.7 Å². The van der Waals surface area contributed by atoms with Crippen molar-refractivity contribution in [3.63, 3.8) is 0 Å². The van der Waals surface area contributed by atoms with E-state index in [4.69, 9.17) is 5.73 Å². The van der Waals surface area contributed by atoms with Crippen LogP contribution >= 0.6 is 0 Å². The first kappa shape index (κ1) is 17.9. The second-order valence-corrected chi connectivity index (χ2v) is 6.08. The Morgan fingerprint density at radius 2 is 2.00 bits per heavy atom. The van der Waals surface area contributed by atoms with Gasteiger partial charge in [-0.3, -0.25) is 18.7 Å². The molecule has 7 heteroatoms. The fraction of sp³-hybridized carbons (Fsp3) is 0.471. The van der Waals surface area contributed by atoms with Gasteiger partial charge in [0.25, 0.3) is 5.91 Å². The van der Waals surface area contributed by atoms with Crippen LogP contribution < -0.4 is 11.1 Å². The number of unbranched alkanes of at least 4 members (excludes halogenated alkanes) is 1. The summed E-state index contributed by atoms with van der Waals surface area (Å²) in [5.74, 6) is -1.14. The van der Waals surface area contributed by atoms with E-state index >= 15 is 0 Å². The standard InChI is InChI=1S/C17H23FN4O2/c1-11(2)14(16(19)23)20-17(24)15-12-7-3-4-8-13(12)22(21-15)10-6-5-9-18/h3-4,7-8,11,14H,5-6,9-10H2,1-2H3,(H2,19,23)(H,20,24)/t14-/m0/s1. The SMILES string of the molecule is CC(C)[C@H](NC(=O)c1nn(CCCCF)c2ccccc12)C(N)=O. The number of carbonyl (C=O) groups excluding carboxylic acids is 2. The van der Waals surface area contributed by atoms with E-state index in [9.17, 15) is 14.0 Å². The number of nitrogens with zero attached hydrogens (tertiary/aromatic N) is 2. The number of hydrogen-bond donors (Lipinski definition) is 2. The van der Waals surface area contributed by atoms with Crippen LogP contribution in [0.15, 0.2) is 24.3 Å². The van der Waals surface area contributed by atoms with Crippen LogP contribution in [0.2, 0.25) is 0 Å². The third-order valence-corrected chi connectivity index (χ3v) is 3.89. The lowest BCUT2D eigenvalue weighted by molar-refractivity contribution is -0.120.